The van der Waals surface area contributed by atoms with Gasteiger partial charge in [-0.15, -0.1) is 34.8 Å². The summed E-state index contributed by atoms with van der Waals surface area (Å²) in [6.07, 6.45) is 8.82. The zero-order valence-electron chi connectivity index (χ0n) is 9.87. The summed E-state index contributed by atoms with van der Waals surface area (Å²) >= 11 is 17.9. The van der Waals surface area contributed by atoms with Gasteiger partial charge in [0, 0.05) is 11.8 Å². The van der Waals surface area contributed by atoms with Crippen molar-refractivity contribution >= 4 is 34.8 Å². The Balaban J connectivity index is 3.48. The van der Waals surface area contributed by atoms with Crippen LogP contribution in [0.2, 0.25) is 0 Å². The maximum Gasteiger partial charge on any atom is 0.119 e. The fraction of sp³-hybridized carbons (Fsp3) is 1.00. The molecule has 0 amide bonds. The van der Waals surface area contributed by atoms with E-state index >= 15 is 0 Å². The number of unbranched alkanes of at least 4 members (excludes halogenated alkanes) is 5. The van der Waals surface area contributed by atoms with E-state index in [1.807, 2.05) is 6.92 Å². The van der Waals surface area contributed by atoms with Gasteiger partial charge in [-0.25, -0.2) is 0 Å². The summed E-state index contributed by atoms with van der Waals surface area (Å²) in [6.45, 7) is 4.07. The molecule has 0 aliphatic heterocycles. The van der Waals surface area contributed by atoms with Crippen molar-refractivity contribution in [2.75, 3.05) is 5.88 Å². The summed E-state index contributed by atoms with van der Waals surface area (Å²) in [6, 6.07) is 0. The lowest BCUT2D eigenvalue weighted by Crippen LogP contribution is -2.23. The average molecular weight is 274 g/mol. The second kappa shape index (κ2) is 8.96. The van der Waals surface area contributed by atoms with Crippen molar-refractivity contribution in [3.05, 3.63) is 0 Å². The number of hydrogen-bond donors (Lipinski definition) is 0. The highest BCUT2D eigenvalue weighted by Gasteiger charge is 2.28. The second-order valence-electron chi connectivity index (χ2n) is 4.36. The van der Waals surface area contributed by atoms with Gasteiger partial charge in [0.2, 0.25) is 0 Å². The molecule has 3 heteroatoms. The van der Waals surface area contributed by atoms with E-state index in [-0.39, 0.29) is 5.92 Å². The molecule has 0 rings (SSSR count). The van der Waals surface area contributed by atoms with Gasteiger partial charge in [-0.1, -0.05) is 45.4 Å². The lowest BCUT2D eigenvalue weighted by Gasteiger charge is -2.24. The normalized spacial score (nSPS) is 14.2. The lowest BCUT2D eigenvalue weighted by atomic mass is 9.99. The highest BCUT2D eigenvalue weighted by Crippen LogP contribution is 2.34. The fourth-order valence-corrected chi connectivity index (χ4v) is 2.63. The van der Waals surface area contributed by atoms with E-state index in [9.17, 15) is 0 Å². The third-order valence-electron chi connectivity index (χ3n) is 2.81. The fourth-order valence-electron chi connectivity index (χ4n) is 1.64. The first-order valence-corrected chi connectivity index (χ1v) is 7.25. The molecule has 1 unspecified atom stereocenters. The average Bonchev–Trinajstić information content (AvgIpc) is 2.15. The van der Waals surface area contributed by atoms with Gasteiger partial charge in [-0.05, 0) is 13.3 Å². The minimum absolute atomic E-state index is 0.216. The van der Waals surface area contributed by atoms with Gasteiger partial charge in [-0.3, -0.25) is 0 Å². The van der Waals surface area contributed by atoms with Gasteiger partial charge in [0.25, 0.3) is 0 Å². The molecule has 0 aliphatic carbocycles. The van der Waals surface area contributed by atoms with Crippen LogP contribution in [0.4, 0.5) is 0 Å². The Morgan fingerprint density at radius 2 is 1.53 bits per heavy atom. The molecule has 1 atom stereocenters. The molecular weight excluding hydrogens is 250 g/mol. The van der Waals surface area contributed by atoms with Crippen molar-refractivity contribution in [2.45, 2.75) is 63.1 Å². The van der Waals surface area contributed by atoms with Crippen LogP contribution in [0.3, 0.4) is 0 Å². The molecule has 15 heavy (non-hydrogen) atoms. The van der Waals surface area contributed by atoms with E-state index in [4.69, 9.17) is 34.8 Å². The maximum atomic E-state index is 6.04. The van der Waals surface area contributed by atoms with Crippen molar-refractivity contribution in [3.8, 4) is 0 Å². The Bertz CT molecular complexity index is 140. The lowest BCUT2D eigenvalue weighted by molar-refractivity contribution is 0.457. The molecule has 92 valence electrons. The van der Waals surface area contributed by atoms with Gasteiger partial charge in [0.15, 0.2) is 0 Å². The standard InChI is InChI=1S/C12H23Cl3/c1-3-4-5-6-7-8-9-11(10-13)12(2,14)15/h11H,3-10H2,1-2H3. The Kier molecular flexibility index (Phi) is 9.48. The monoisotopic (exact) mass is 272 g/mol. The van der Waals surface area contributed by atoms with Crippen molar-refractivity contribution in [2.24, 2.45) is 5.92 Å². The minimum Gasteiger partial charge on any atom is -0.126 e. The highest BCUT2D eigenvalue weighted by molar-refractivity contribution is 6.48. The topological polar surface area (TPSA) is 0 Å². The van der Waals surface area contributed by atoms with Crippen molar-refractivity contribution in [1.29, 1.82) is 0 Å². The molecular formula is C12H23Cl3. The zero-order chi connectivity index (χ0) is 11.7. The first kappa shape index (κ1) is 15.9. The Morgan fingerprint density at radius 1 is 1.00 bits per heavy atom. The van der Waals surface area contributed by atoms with Crippen LogP contribution in [0.25, 0.3) is 0 Å². The Morgan fingerprint density at radius 3 is 2.00 bits per heavy atom. The van der Waals surface area contributed by atoms with Crippen LogP contribution in [-0.4, -0.2) is 10.2 Å². The maximum absolute atomic E-state index is 6.04. The van der Waals surface area contributed by atoms with Crippen LogP contribution in [0.5, 0.6) is 0 Å². The molecule has 0 radical (unpaired) electrons. The van der Waals surface area contributed by atoms with Gasteiger partial charge < -0.3 is 0 Å². The first-order chi connectivity index (χ1) is 7.02. The first-order valence-electron chi connectivity index (χ1n) is 5.96. The third-order valence-corrected chi connectivity index (χ3v) is 3.80. The minimum atomic E-state index is -0.675. The summed E-state index contributed by atoms with van der Waals surface area (Å²) in [5, 5.41) is 0. The summed E-state index contributed by atoms with van der Waals surface area (Å²) < 4.78 is -0.675. The largest absolute Gasteiger partial charge is 0.126 e. The molecule has 0 aromatic rings. The molecule has 0 aromatic heterocycles. The summed E-state index contributed by atoms with van der Waals surface area (Å²) in [5.41, 5.74) is 0. The van der Waals surface area contributed by atoms with Gasteiger partial charge in [-0.2, -0.15) is 0 Å². The molecule has 0 saturated heterocycles. The van der Waals surface area contributed by atoms with Crippen LogP contribution in [0, 0.1) is 5.92 Å². The van der Waals surface area contributed by atoms with Gasteiger partial charge >= 0.3 is 0 Å². The van der Waals surface area contributed by atoms with E-state index < -0.39 is 4.33 Å². The molecule has 0 heterocycles. The summed E-state index contributed by atoms with van der Waals surface area (Å²) in [5.74, 6) is 0.770. The number of halogens is 3. The predicted octanol–water partition coefficient (Wildman–Crippen LogP) is 5.79. The number of alkyl halides is 3. The number of hydrogen-bond acceptors (Lipinski definition) is 0. The quantitative estimate of drug-likeness (QED) is 0.369. The summed E-state index contributed by atoms with van der Waals surface area (Å²) in [4.78, 5) is 0. The van der Waals surface area contributed by atoms with E-state index in [0.29, 0.717) is 5.88 Å². The van der Waals surface area contributed by atoms with Crippen molar-refractivity contribution in [3.63, 3.8) is 0 Å². The van der Waals surface area contributed by atoms with Crippen LogP contribution in [-0.2, 0) is 0 Å². The van der Waals surface area contributed by atoms with Crippen molar-refractivity contribution < 1.29 is 0 Å². The molecule has 0 aromatic carbocycles. The molecule has 0 N–H and O–H groups in total. The molecule has 0 aliphatic rings. The molecule has 0 bridgehead atoms. The van der Waals surface area contributed by atoms with E-state index in [1.54, 1.807) is 0 Å². The van der Waals surface area contributed by atoms with Gasteiger partial charge in [0.1, 0.15) is 4.33 Å². The SMILES string of the molecule is CCCCCCCCC(CCl)C(C)(Cl)Cl. The van der Waals surface area contributed by atoms with Crippen LogP contribution >= 0.6 is 34.8 Å². The van der Waals surface area contributed by atoms with Crippen molar-refractivity contribution in [1.82, 2.24) is 0 Å². The van der Waals surface area contributed by atoms with Crippen LogP contribution < -0.4 is 0 Å². The second-order valence-corrected chi connectivity index (χ2v) is 6.44. The molecule has 0 fully saturated rings. The smallest absolute Gasteiger partial charge is 0.119 e. The van der Waals surface area contributed by atoms with Crippen LogP contribution in [0.15, 0.2) is 0 Å². The van der Waals surface area contributed by atoms with E-state index in [0.717, 1.165) is 6.42 Å². The number of rotatable bonds is 9. The van der Waals surface area contributed by atoms with E-state index in [2.05, 4.69) is 6.92 Å². The van der Waals surface area contributed by atoms with Crippen LogP contribution in [0.1, 0.15) is 58.8 Å². The summed E-state index contributed by atoms with van der Waals surface area (Å²) in [7, 11) is 0. The molecule has 0 saturated carbocycles. The molecule has 0 spiro atoms. The predicted molar refractivity (Wildman–Crippen MR) is 72.3 cm³/mol. The highest BCUT2D eigenvalue weighted by atomic mass is 35.5. The van der Waals surface area contributed by atoms with E-state index in [1.165, 1.54) is 38.5 Å². The zero-order valence-corrected chi connectivity index (χ0v) is 12.1. The van der Waals surface area contributed by atoms with Gasteiger partial charge in [0.05, 0.1) is 0 Å². The Hall–Kier alpha value is 0.870. The third kappa shape index (κ3) is 8.65. The molecule has 0 nitrogen and oxygen atoms in total. The Labute approximate surface area is 110 Å².